The van der Waals surface area contributed by atoms with Crippen LogP contribution in [0.4, 0.5) is 0 Å². The summed E-state index contributed by atoms with van der Waals surface area (Å²) in [5.41, 5.74) is 1.83. The molecule has 0 saturated carbocycles. The van der Waals surface area contributed by atoms with Crippen molar-refractivity contribution in [1.29, 1.82) is 0 Å². The highest BCUT2D eigenvalue weighted by molar-refractivity contribution is 5.46. The fourth-order valence-corrected chi connectivity index (χ4v) is 0.0304. The first-order chi connectivity index (χ1) is 2.41. The fourth-order valence-electron chi connectivity index (χ4n) is 0.0304. The van der Waals surface area contributed by atoms with Crippen molar-refractivity contribution in [3.05, 3.63) is 4.95 Å². The molecule has 0 heterocycles. The Hall–Kier alpha value is -1.04. The Bertz CT molecular complexity index is 62.5. The maximum Gasteiger partial charge on any atom is 0.305 e. The molecular formula is C2H3N2O+. The Morgan fingerprint density at radius 3 is 2.60 bits per heavy atom. The minimum atomic E-state index is 0.389. The van der Waals surface area contributed by atoms with E-state index >= 15 is 0 Å². The second kappa shape index (κ2) is 2.96. The Labute approximate surface area is 29.4 Å². The summed E-state index contributed by atoms with van der Waals surface area (Å²) in [6.45, 7) is 4.42. The first kappa shape index (κ1) is 3.96. The molecule has 1 amide bonds. The van der Waals surface area contributed by atoms with Crippen molar-refractivity contribution >= 4 is 6.41 Å². The molecule has 0 aromatic heterocycles. The van der Waals surface area contributed by atoms with Gasteiger partial charge in [-0.1, -0.05) is 0 Å². The van der Waals surface area contributed by atoms with E-state index < -0.39 is 0 Å². The van der Waals surface area contributed by atoms with Gasteiger partial charge in [0.15, 0.2) is 0 Å². The van der Waals surface area contributed by atoms with Crippen LogP contribution in [0.5, 0.6) is 0 Å². The summed E-state index contributed by atoms with van der Waals surface area (Å²) < 4.78 is 0. The van der Waals surface area contributed by atoms with Gasteiger partial charge in [0.05, 0.1) is 4.95 Å². The summed E-state index contributed by atoms with van der Waals surface area (Å²) in [7, 11) is 0. The molecule has 26 valence electrons. The first-order valence-corrected chi connectivity index (χ1v) is 1.01. The molecule has 0 atom stereocenters. The van der Waals surface area contributed by atoms with E-state index in [4.69, 9.17) is 4.79 Å². The molecule has 3 nitrogen and oxygen atoms in total. The monoisotopic (exact) mass is 71.0 g/mol. The van der Waals surface area contributed by atoms with Gasteiger partial charge >= 0.3 is 6.57 Å². The summed E-state index contributed by atoms with van der Waals surface area (Å²) in [6.07, 6.45) is 0.389. The van der Waals surface area contributed by atoms with Gasteiger partial charge in [0.1, 0.15) is 0 Å². The van der Waals surface area contributed by atoms with Crippen LogP contribution in [0, 0.1) is 6.57 Å². The first-order valence-electron chi connectivity index (χ1n) is 1.01. The average molecular weight is 71.1 g/mol. The molecule has 0 aliphatic heterocycles. The van der Waals surface area contributed by atoms with Crippen molar-refractivity contribution in [2.24, 2.45) is 0 Å². The van der Waals surface area contributed by atoms with Crippen molar-refractivity contribution in [2.75, 3.05) is 0 Å². The third kappa shape index (κ3) is 2.96. The van der Waals surface area contributed by atoms with E-state index in [-0.39, 0.29) is 0 Å². The summed E-state index contributed by atoms with van der Waals surface area (Å²) in [4.78, 5) is 11.9. The molecule has 0 saturated heterocycles. The largest absolute Gasteiger partial charge is 0.305 e. The van der Waals surface area contributed by atoms with Gasteiger partial charge in [-0.05, 0) is 5.43 Å². The van der Waals surface area contributed by atoms with Crippen LogP contribution in [0.1, 0.15) is 0 Å². The van der Waals surface area contributed by atoms with Crippen molar-refractivity contribution in [1.82, 2.24) is 5.43 Å². The molecule has 0 aromatic rings. The Balaban J connectivity index is 2.75. The maximum atomic E-state index is 9.12. The van der Waals surface area contributed by atoms with Crippen LogP contribution in [0.3, 0.4) is 0 Å². The van der Waals surface area contributed by atoms with Crippen molar-refractivity contribution < 1.29 is 4.79 Å². The topological polar surface area (TPSA) is 33.5 Å². The molecule has 0 unspecified atom stereocenters. The molecule has 3 heteroatoms. The Morgan fingerprint density at radius 1 is 2.00 bits per heavy atom. The van der Waals surface area contributed by atoms with Crippen LogP contribution < -0.4 is 5.43 Å². The van der Waals surface area contributed by atoms with E-state index in [2.05, 4.69) is 11.5 Å². The lowest BCUT2D eigenvalue weighted by atomic mass is 11.4. The molecular weight excluding hydrogens is 68.0 g/mol. The molecule has 1 N–H and O–H groups in total. The standard InChI is InChI=1S/C2H2N2O/c1-3-4-2-5/h1-2H/p+1. The smallest absolute Gasteiger partial charge is 0.272 e. The van der Waals surface area contributed by atoms with Gasteiger partial charge < -0.3 is 0 Å². The third-order valence-electron chi connectivity index (χ3n) is 0.127. The fraction of sp³-hybridized carbons (Fsp3) is 0. The third-order valence-corrected chi connectivity index (χ3v) is 0.127. The number of hydrogen-bond donors (Lipinski definition) is 1. The second-order valence-electron chi connectivity index (χ2n) is 0.376. The van der Waals surface area contributed by atoms with Gasteiger partial charge in [-0.3, -0.25) is 4.79 Å². The summed E-state index contributed by atoms with van der Waals surface area (Å²) >= 11 is 0. The van der Waals surface area contributed by atoms with Crippen LogP contribution >= 0.6 is 0 Å². The molecule has 0 spiro atoms. The van der Waals surface area contributed by atoms with E-state index in [1.165, 1.54) is 0 Å². The minimum absolute atomic E-state index is 0.389. The molecule has 0 rings (SSSR count). The number of carbonyl (C=O) groups is 1. The second-order valence-corrected chi connectivity index (χ2v) is 0.376. The van der Waals surface area contributed by atoms with E-state index in [0.29, 0.717) is 6.41 Å². The average Bonchev–Trinajstić information content (AvgIpc) is 1.41. The van der Waals surface area contributed by atoms with Crippen molar-refractivity contribution in [2.45, 2.75) is 0 Å². The number of nitrogens with zero attached hydrogens (tertiary/aromatic N) is 1. The van der Waals surface area contributed by atoms with Gasteiger partial charge in [0, 0.05) is 0 Å². The van der Waals surface area contributed by atoms with Crippen LogP contribution in [-0.4, -0.2) is 6.41 Å². The van der Waals surface area contributed by atoms with E-state index in [1.807, 2.05) is 5.43 Å². The predicted molar refractivity (Wildman–Crippen MR) is 17.5 cm³/mol. The number of rotatable bonds is 1. The van der Waals surface area contributed by atoms with Crippen molar-refractivity contribution in [3.63, 3.8) is 0 Å². The molecule has 0 radical (unpaired) electrons. The molecule has 0 fully saturated rings. The van der Waals surface area contributed by atoms with E-state index in [0.717, 1.165) is 0 Å². The lowest BCUT2D eigenvalue weighted by molar-refractivity contribution is -0.108. The highest BCUT2D eigenvalue weighted by Gasteiger charge is 1.65. The number of amides is 1. The quantitative estimate of drug-likeness (QED) is 0.331. The summed E-state index contributed by atoms with van der Waals surface area (Å²) in [6, 6.07) is 0. The van der Waals surface area contributed by atoms with Gasteiger partial charge in [-0.15, -0.1) is 0 Å². The van der Waals surface area contributed by atoms with Gasteiger partial charge in [0.25, 0.3) is 6.41 Å². The zero-order chi connectivity index (χ0) is 4.12. The highest BCUT2D eigenvalue weighted by atomic mass is 16.1. The SMILES string of the molecule is C#[N+]NC=O. The normalized spacial score (nSPS) is 4.60. The number of nitrogens with one attached hydrogen (secondary N) is 1. The zero-order valence-electron chi connectivity index (χ0n) is 2.51. The van der Waals surface area contributed by atoms with Crippen LogP contribution in [0.15, 0.2) is 0 Å². The lowest BCUT2D eigenvalue weighted by Gasteiger charge is -1.48. The predicted octanol–water partition coefficient (Wildman–Crippen LogP) is -0.390. The number of hydrogen-bond acceptors (Lipinski definition) is 1. The minimum Gasteiger partial charge on any atom is -0.272 e. The van der Waals surface area contributed by atoms with Gasteiger partial charge in [0.2, 0.25) is 0 Å². The molecule has 0 aliphatic rings. The zero-order valence-corrected chi connectivity index (χ0v) is 2.51. The number of carbonyl (C=O) groups excluding carboxylic acids is 1. The molecule has 5 heavy (non-hydrogen) atoms. The molecule has 0 bridgehead atoms. The van der Waals surface area contributed by atoms with Gasteiger partial charge in [-0.2, -0.15) is 0 Å². The Kier molecular flexibility index (Phi) is 2.34. The summed E-state index contributed by atoms with van der Waals surface area (Å²) in [5, 5.41) is 0. The van der Waals surface area contributed by atoms with Crippen LogP contribution in [0.2, 0.25) is 0 Å². The van der Waals surface area contributed by atoms with Crippen LogP contribution in [0.25, 0.3) is 4.95 Å². The summed E-state index contributed by atoms with van der Waals surface area (Å²) in [5.74, 6) is 0. The lowest BCUT2D eigenvalue weighted by Crippen LogP contribution is -1.93. The maximum absolute atomic E-state index is 9.12. The van der Waals surface area contributed by atoms with E-state index in [1.54, 1.807) is 0 Å². The van der Waals surface area contributed by atoms with Gasteiger partial charge in [-0.25, -0.2) is 0 Å². The van der Waals surface area contributed by atoms with E-state index in [9.17, 15) is 0 Å². The molecule has 0 aliphatic carbocycles. The highest BCUT2D eigenvalue weighted by Crippen LogP contribution is 1.34. The Morgan fingerprint density at radius 2 is 2.60 bits per heavy atom. The molecule has 0 aromatic carbocycles. The van der Waals surface area contributed by atoms with Crippen molar-refractivity contribution in [3.8, 4) is 6.57 Å². The van der Waals surface area contributed by atoms with Crippen LogP contribution in [-0.2, 0) is 4.79 Å².